The first-order valence-electron chi connectivity index (χ1n) is 25.1. The van der Waals surface area contributed by atoms with Crippen molar-refractivity contribution in [3.63, 3.8) is 0 Å². The van der Waals surface area contributed by atoms with Crippen molar-refractivity contribution in [2.24, 2.45) is 0 Å². The Kier molecular flexibility index (Phi) is 23.2. The number of anilines is 1. The molecule has 24 heteroatoms. The number of nitrogens with one attached hydrogen (secondary N) is 5. The van der Waals surface area contributed by atoms with E-state index in [-0.39, 0.29) is 65.5 Å². The highest BCUT2D eigenvalue weighted by atomic mass is 32.2. The topological polar surface area (TPSA) is 307 Å². The third-order valence-corrected chi connectivity index (χ3v) is 15.3. The number of carbonyl (C=O) groups excluding carboxylic acids is 7. The molecule has 1 atom stereocenters. The fourth-order valence-electron chi connectivity index (χ4n) is 8.86. The van der Waals surface area contributed by atoms with E-state index in [2.05, 4.69) is 36.1 Å². The summed E-state index contributed by atoms with van der Waals surface area (Å²) in [5.41, 5.74) is 3.55. The van der Waals surface area contributed by atoms with Crippen molar-refractivity contribution in [1.82, 2.24) is 26.6 Å². The predicted molar refractivity (Wildman–Crippen MR) is 287 cm³/mol. The number of amides is 5. The number of fused-ring (bicyclic) bond motifs is 2. The number of hydrogen-bond acceptors (Lipinski definition) is 15. The van der Waals surface area contributed by atoms with Gasteiger partial charge in [-0.25, -0.2) is 8.42 Å². The van der Waals surface area contributed by atoms with E-state index in [1.165, 1.54) is 31.2 Å². The van der Waals surface area contributed by atoms with Gasteiger partial charge in [0.15, 0.2) is 5.71 Å². The van der Waals surface area contributed by atoms with Gasteiger partial charge >= 0.3 is 5.97 Å². The van der Waals surface area contributed by atoms with Gasteiger partial charge in [-0.2, -0.15) is 13.0 Å². The molecule has 0 aromatic heterocycles. The average molecular weight is 1110 g/mol. The second-order valence-electron chi connectivity index (χ2n) is 19.1. The lowest BCUT2D eigenvalue weighted by molar-refractivity contribution is -0.438. The summed E-state index contributed by atoms with van der Waals surface area (Å²) in [5, 5.41) is 12.2. The van der Waals surface area contributed by atoms with E-state index >= 15 is 0 Å². The lowest BCUT2D eigenvalue weighted by Crippen LogP contribution is -2.51. The first kappa shape index (κ1) is 62.3. The highest BCUT2D eigenvalue weighted by Crippen LogP contribution is 2.48. The average Bonchev–Trinajstić information content (AvgIpc) is 3.69. The van der Waals surface area contributed by atoms with Crippen LogP contribution in [0.3, 0.4) is 0 Å². The maximum absolute atomic E-state index is 13.1. The molecule has 2 heterocycles. The molecule has 21 nitrogen and oxygen atoms in total. The number of esters is 1. The first-order chi connectivity index (χ1) is 35.7. The van der Waals surface area contributed by atoms with Crippen LogP contribution in [-0.2, 0) is 69.4 Å². The van der Waals surface area contributed by atoms with Gasteiger partial charge in [0.25, 0.3) is 10.1 Å². The zero-order chi connectivity index (χ0) is 56.4. The third-order valence-electron chi connectivity index (χ3n) is 12.8. The second kappa shape index (κ2) is 28.2. The molecule has 6 N–H and O–H groups in total. The third kappa shape index (κ3) is 18.0. The van der Waals surface area contributed by atoms with Crippen molar-refractivity contribution in [2.75, 3.05) is 56.5 Å². The Morgan fingerprint density at radius 2 is 1.47 bits per heavy atom. The van der Waals surface area contributed by atoms with Crippen molar-refractivity contribution in [1.29, 1.82) is 0 Å². The largest absolute Gasteiger partial charge is 0.744 e. The molecule has 0 saturated heterocycles. The molecule has 0 saturated carbocycles. The summed E-state index contributed by atoms with van der Waals surface area (Å²) in [5.74, 6) is -2.82. The van der Waals surface area contributed by atoms with Crippen LogP contribution in [0.25, 0.3) is 0 Å². The number of thioether (sulfide) groups is 1. The molecular formula is C52H71N7O14S3. The van der Waals surface area contributed by atoms with Crippen LogP contribution in [0.1, 0.15) is 111 Å². The Balaban J connectivity index is 1.31. The number of nitrogens with zero attached hydrogens (tertiary/aromatic N) is 2. The molecule has 2 aliphatic heterocycles. The molecule has 5 amide bonds. The molecule has 0 radical (unpaired) electrons. The van der Waals surface area contributed by atoms with E-state index in [0.717, 1.165) is 40.1 Å². The minimum absolute atomic E-state index is 0.0366. The maximum Gasteiger partial charge on any atom is 0.306 e. The molecule has 0 fully saturated rings. The van der Waals surface area contributed by atoms with E-state index in [4.69, 9.17) is 4.74 Å². The second-order valence-corrected chi connectivity index (χ2v) is 23.0. The fraction of sp³-hybridized carbons (Fsp3) is 0.500. The van der Waals surface area contributed by atoms with Crippen LogP contribution in [0.2, 0.25) is 0 Å². The van der Waals surface area contributed by atoms with Crippen molar-refractivity contribution >= 4 is 89.7 Å². The van der Waals surface area contributed by atoms with Crippen LogP contribution in [0.5, 0.6) is 0 Å². The normalized spacial score (nSPS) is 15.6. The van der Waals surface area contributed by atoms with E-state index < -0.39 is 73.3 Å². The van der Waals surface area contributed by atoms with Gasteiger partial charge in [-0.05, 0) is 102 Å². The van der Waals surface area contributed by atoms with Gasteiger partial charge in [0.2, 0.25) is 40.3 Å². The Morgan fingerprint density at radius 3 is 2.14 bits per heavy atom. The number of allylic oxidation sites excluding steroid dienone is 6. The number of benzene rings is 2. The van der Waals surface area contributed by atoms with Crippen LogP contribution in [0.4, 0.5) is 11.4 Å². The molecule has 0 unspecified atom stereocenters. The highest BCUT2D eigenvalue weighted by Gasteiger charge is 2.45. The minimum Gasteiger partial charge on any atom is -0.744 e. The molecule has 76 heavy (non-hydrogen) atoms. The van der Waals surface area contributed by atoms with E-state index in [1.807, 2.05) is 65.0 Å². The van der Waals surface area contributed by atoms with Crippen LogP contribution < -0.4 is 31.5 Å². The lowest BCUT2D eigenvalue weighted by atomic mass is 9.81. The minimum atomic E-state index is -4.65. The molecule has 4 rings (SSSR count). The monoisotopic (exact) mass is 1110 g/mol. The number of ether oxygens (including phenoxy) is 1. The molecule has 0 bridgehead atoms. The van der Waals surface area contributed by atoms with E-state index in [9.17, 15) is 59.5 Å². The van der Waals surface area contributed by atoms with Gasteiger partial charge in [-0.1, -0.05) is 43.8 Å². The van der Waals surface area contributed by atoms with Gasteiger partial charge in [0, 0.05) is 73.1 Å². The van der Waals surface area contributed by atoms with Crippen molar-refractivity contribution in [3.05, 3.63) is 83.6 Å². The summed E-state index contributed by atoms with van der Waals surface area (Å²) < 4.78 is 76.7. The summed E-state index contributed by atoms with van der Waals surface area (Å²) in [6.07, 6.45) is 12.7. The van der Waals surface area contributed by atoms with Crippen molar-refractivity contribution in [3.8, 4) is 0 Å². The summed E-state index contributed by atoms with van der Waals surface area (Å²) >= 11 is 0.859. The Labute approximate surface area is 449 Å². The summed E-state index contributed by atoms with van der Waals surface area (Å²) in [7, 11) is -9.13. The van der Waals surface area contributed by atoms with Gasteiger partial charge < -0.3 is 40.8 Å². The summed E-state index contributed by atoms with van der Waals surface area (Å²) in [4.78, 5) is 87.2. The summed E-state index contributed by atoms with van der Waals surface area (Å²) in [6, 6.07) is 7.89. The van der Waals surface area contributed by atoms with Gasteiger partial charge in [0.1, 0.15) is 22.7 Å². The van der Waals surface area contributed by atoms with Crippen LogP contribution in [0, 0.1) is 0 Å². The van der Waals surface area contributed by atoms with Gasteiger partial charge in [-0.15, -0.1) is 0 Å². The van der Waals surface area contributed by atoms with E-state index in [1.54, 1.807) is 19.1 Å². The molecule has 2 aromatic rings. The highest BCUT2D eigenvalue weighted by molar-refractivity contribution is 8.13. The standard InChI is InChI=1S/C52H71N7O14S3/c1-8-58-41-24-22-36(75(67,68)69)30-38(41)51(4,5)43(58)19-12-10-13-20-44-52(6,7)39-31-37(76(70,71)72)23-25-42(39)59(44)28-17-11-14-21-45(61)53-27-16-15-18-40(57-47(63)33-54-35(3)60)50(66)56-32-46(62)55-34-49(65)74-29-26-48(64)73-9-2/h10,12-13,19-20,22-25,30-31,40H,8-9,11,14-18,21,26-29,32-34H2,1-7H3,(H6-,53,54,55,56,57,60,61,62,63,66,67,68,69,70,71,72)/t40-/m0/s1. The quantitative estimate of drug-likeness (QED) is 0.0221. The molecule has 2 aliphatic rings. The Morgan fingerprint density at radius 1 is 0.776 bits per heavy atom. The number of likely N-dealkylation sites (N-methyl/N-ethyl adjacent to an activating group) is 1. The molecule has 2 aromatic carbocycles. The SMILES string of the molecule is CCOC(=O)CCSC(=O)CNC(=O)CNC(=O)[C@H](CCCCNC(=O)CCCCC[N+]1=C(/C=C/C=C/C=C2/N(CC)c3ccc(S(=O)(=O)[O-])cc3C2(C)C)C(C)(C)c2cc(S(=O)(=O)O)ccc21)NC(=O)CNC(C)=O. The smallest absolute Gasteiger partial charge is 0.306 e. The van der Waals surface area contributed by atoms with Crippen molar-refractivity contribution in [2.45, 2.75) is 126 Å². The first-order valence-corrected chi connectivity index (χ1v) is 28.9. The zero-order valence-corrected chi connectivity index (χ0v) is 46.6. The zero-order valence-electron chi connectivity index (χ0n) is 44.1. The maximum atomic E-state index is 13.1. The number of rotatable bonds is 29. The Bertz CT molecular complexity index is 2860. The summed E-state index contributed by atoms with van der Waals surface area (Å²) in [6.45, 7) is 13.2. The molecule has 0 spiro atoms. The number of unbranched alkanes of at least 4 members (excludes halogenated alkanes) is 3. The Hall–Kier alpha value is -6.21. The van der Waals surface area contributed by atoms with Crippen LogP contribution in [0.15, 0.2) is 82.3 Å². The van der Waals surface area contributed by atoms with Gasteiger partial charge in [0.05, 0.1) is 47.9 Å². The number of carbonyl (C=O) groups is 7. The van der Waals surface area contributed by atoms with Crippen molar-refractivity contribution < 1.29 is 68.8 Å². The lowest BCUT2D eigenvalue weighted by Gasteiger charge is -2.25. The predicted octanol–water partition coefficient (Wildman–Crippen LogP) is 3.94. The van der Waals surface area contributed by atoms with E-state index in [0.29, 0.717) is 57.3 Å². The van der Waals surface area contributed by atoms with Crippen LogP contribution >= 0.6 is 11.8 Å². The molecule has 0 aliphatic carbocycles. The molecular weight excluding hydrogens is 1040 g/mol. The molecule has 416 valence electrons. The van der Waals surface area contributed by atoms with Crippen LogP contribution in [-0.4, -0.2) is 135 Å². The fourth-order valence-corrected chi connectivity index (χ4v) is 10.5. The number of hydrogen-bond donors (Lipinski definition) is 6. The van der Waals surface area contributed by atoms with Gasteiger partial charge in [-0.3, -0.25) is 38.1 Å².